The van der Waals surface area contributed by atoms with Crippen LogP contribution in [0.3, 0.4) is 0 Å². The Hall–Kier alpha value is -1.49. The highest BCUT2D eigenvalue weighted by Crippen LogP contribution is 2.37. The van der Waals surface area contributed by atoms with Gasteiger partial charge < -0.3 is 4.74 Å². The van der Waals surface area contributed by atoms with E-state index in [2.05, 4.69) is 19.9 Å². The fourth-order valence-corrected chi connectivity index (χ4v) is 2.32. The van der Waals surface area contributed by atoms with Crippen molar-refractivity contribution in [3.8, 4) is 11.8 Å². The van der Waals surface area contributed by atoms with E-state index in [0.29, 0.717) is 5.56 Å². The number of aryl methyl sites for hydroxylation is 1. The molecule has 0 radical (unpaired) electrons. The Bertz CT molecular complexity index is 427. The van der Waals surface area contributed by atoms with Crippen molar-refractivity contribution in [2.75, 3.05) is 0 Å². The highest BCUT2D eigenvalue weighted by Gasteiger charge is 2.32. The maximum Gasteiger partial charge on any atom is 0.124 e. The molecule has 16 heavy (non-hydrogen) atoms. The minimum atomic E-state index is -0.0128. The third-order valence-electron chi connectivity index (χ3n) is 3.66. The quantitative estimate of drug-likeness (QED) is 0.757. The van der Waals surface area contributed by atoms with Crippen LogP contribution in [0.5, 0.6) is 5.75 Å². The predicted molar refractivity (Wildman–Crippen MR) is 63.4 cm³/mol. The maximum absolute atomic E-state index is 8.88. The molecule has 0 saturated carbocycles. The molecule has 84 valence electrons. The number of hydrogen-bond donors (Lipinski definition) is 0. The molecule has 1 aliphatic rings. The van der Waals surface area contributed by atoms with E-state index in [4.69, 9.17) is 10.00 Å². The topological polar surface area (TPSA) is 33.0 Å². The van der Waals surface area contributed by atoms with Crippen LogP contribution in [-0.2, 0) is 6.42 Å². The number of fused-ring (bicyclic) bond motifs is 1. The first-order valence-corrected chi connectivity index (χ1v) is 5.95. The molecule has 1 aromatic carbocycles. The van der Waals surface area contributed by atoms with Crippen molar-refractivity contribution < 1.29 is 4.74 Å². The summed E-state index contributed by atoms with van der Waals surface area (Å²) in [6.07, 6.45) is 4.20. The zero-order valence-corrected chi connectivity index (χ0v) is 9.92. The molecule has 0 unspecified atom stereocenters. The van der Waals surface area contributed by atoms with Gasteiger partial charge in [-0.2, -0.15) is 5.26 Å². The van der Waals surface area contributed by atoms with E-state index in [1.165, 1.54) is 5.56 Å². The SMILES string of the molecule is CCC1(CC)CCc2ccc(C#N)cc2O1. The molecule has 2 heteroatoms. The van der Waals surface area contributed by atoms with E-state index < -0.39 is 0 Å². The Balaban J connectivity index is 2.35. The summed E-state index contributed by atoms with van der Waals surface area (Å²) in [5, 5.41) is 8.88. The van der Waals surface area contributed by atoms with E-state index in [9.17, 15) is 0 Å². The average molecular weight is 215 g/mol. The summed E-state index contributed by atoms with van der Waals surface area (Å²) in [7, 11) is 0. The zero-order chi connectivity index (χ0) is 11.6. The summed E-state index contributed by atoms with van der Waals surface area (Å²) in [5.74, 6) is 0.911. The van der Waals surface area contributed by atoms with Gasteiger partial charge in [-0.05, 0) is 43.4 Å². The van der Waals surface area contributed by atoms with E-state index >= 15 is 0 Å². The Kier molecular flexibility index (Phi) is 2.87. The van der Waals surface area contributed by atoms with Crippen LogP contribution in [0.25, 0.3) is 0 Å². The van der Waals surface area contributed by atoms with E-state index in [1.54, 1.807) is 0 Å². The van der Waals surface area contributed by atoms with Gasteiger partial charge in [-0.1, -0.05) is 19.9 Å². The van der Waals surface area contributed by atoms with Gasteiger partial charge >= 0.3 is 0 Å². The van der Waals surface area contributed by atoms with Crippen molar-refractivity contribution >= 4 is 0 Å². The molecule has 0 N–H and O–H groups in total. The standard InChI is InChI=1S/C14H17NO/c1-3-14(4-2)8-7-12-6-5-11(10-15)9-13(12)16-14/h5-6,9H,3-4,7-8H2,1-2H3. The highest BCUT2D eigenvalue weighted by atomic mass is 16.5. The van der Waals surface area contributed by atoms with Crippen molar-refractivity contribution in [2.24, 2.45) is 0 Å². The fourth-order valence-electron chi connectivity index (χ4n) is 2.32. The lowest BCUT2D eigenvalue weighted by Crippen LogP contribution is -2.38. The molecule has 0 bridgehead atoms. The lowest BCUT2D eigenvalue weighted by Gasteiger charge is -2.37. The third kappa shape index (κ3) is 1.78. The van der Waals surface area contributed by atoms with Crippen molar-refractivity contribution in [3.63, 3.8) is 0 Å². The molecule has 0 aliphatic carbocycles. The molecule has 1 aliphatic heterocycles. The molecular weight excluding hydrogens is 198 g/mol. The first-order valence-electron chi connectivity index (χ1n) is 5.95. The molecule has 1 heterocycles. The molecule has 2 nitrogen and oxygen atoms in total. The minimum Gasteiger partial charge on any atom is -0.487 e. The zero-order valence-electron chi connectivity index (χ0n) is 9.92. The second-order valence-corrected chi connectivity index (χ2v) is 4.43. The fraction of sp³-hybridized carbons (Fsp3) is 0.500. The van der Waals surface area contributed by atoms with Crippen LogP contribution < -0.4 is 4.74 Å². The second kappa shape index (κ2) is 4.17. The molecular formula is C14H17NO. The number of hydrogen-bond acceptors (Lipinski definition) is 2. The molecule has 0 saturated heterocycles. The predicted octanol–water partition coefficient (Wildman–Crippen LogP) is 3.44. The van der Waals surface area contributed by atoms with Crippen LogP contribution in [0.2, 0.25) is 0 Å². The second-order valence-electron chi connectivity index (χ2n) is 4.43. The molecule has 0 atom stereocenters. The van der Waals surface area contributed by atoms with Gasteiger partial charge in [0.2, 0.25) is 0 Å². The Labute approximate surface area is 96.9 Å². The number of benzene rings is 1. The highest BCUT2D eigenvalue weighted by molar-refractivity contribution is 5.44. The first-order chi connectivity index (χ1) is 7.73. The van der Waals surface area contributed by atoms with Crippen LogP contribution in [-0.4, -0.2) is 5.60 Å². The molecule has 0 aromatic heterocycles. The Morgan fingerprint density at radius 2 is 2.12 bits per heavy atom. The van der Waals surface area contributed by atoms with Gasteiger partial charge in [0.15, 0.2) is 0 Å². The van der Waals surface area contributed by atoms with Crippen molar-refractivity contribution in [1.29, 1.82) is 5.26 Å². The first kappa shape index (κ1) is 11.0. The number of ether oxygens (including phenoxy) is 1. The number of nitrogens with zero attached hydrogens (tertiary/aromatic N) is 1. The average Bonchev–Trinajstić information content (AvgIpc) is 2.37. The lowest BCUT2D eigenvalue weighted by atomic mass is 9.86. The monoisotopic (exact) mass is 215 g/mol. The van der Waals surface area contributed by atoms with Gasteiger partial charge in [-0.25, -0.2) is 0 Å². The summed E-state index contributed by atoms with van der Waals surface area (Å²) in [5.41, 5.74) is 1.90. The van der Waals surface area contributed by atoms with Crippen LogP contribution >= 0.6 is 0 Å². The minimum absolute atomic E-state index is 0.0128. The molecule has 0 amide bonds. The summed E-state index contributed by atoms with van der Waals surface area (Å²) < 4.78 is 6.11. The van der Waals surface area contributed by atoms with Gasteiger partial charge in [0.05, 0.1) is 11.6 Å². The Morgan fingerprint density at radius 1 is 1.38 bits per heavy atom. The molecule has 2 rings (SSSR count). The molecule has 0 spiro atoms. The van der Waals surface area contributed by atoms with Gasteiger partial charge in [-0.3, -0.25) is 0 Å². The van der Waals surface area contributed by atoms with Crippen LogP contribution in [0.15, 0.2) is 18.2 Å². The van der Waals surface area contributed by atoms with Crippen molar-refractivity contribution in [2.45, 2.75) is 45.1 Å². The maximum atomic E-state index is 8.88. The van der Waals surface area contributed by atoms with Gasteiger partial charge in [0, 0.05) is 0 Å². The normalized spacial score (nSPS) is 17.1. The van der Waals surface area contributed by atoms with Crippen LogP contribution in [0.1, 0.15) is 44.2 Å². The molecule has 0 fully saturated rings. The van der Waals surface area contributed by atoms with E-state index in [1.807, 2.05) is 18.2 Å². The summed E-state index contributed by atoms with van der Waals surface area (Å²) in [6, 6.07) is 7.92. The smallest absolute Gasteiger partial charge is 0.124 e. The van der Waals surface area contributed by atoms with Gasteiger partial charge in [0.1, 0.15) is 11.4 Å². The van der Waals surface area contributed by atoms with Crippen LogP contribution in [0.4, 0.5) is 0 Å². The van der Waals surface area contributed by atoms with Crippen molar-refractivity contribution in [3.05, 3.63) is 29.3 Å². The summed E-state index contributed by atoms with van der Waals surface area (Å²) >= 11 is 0. The van der Waals surface area contributed by atoms with Crippen molar-refractivity contribution in [1.82, 2.24) is 0 Å². The largest absolute Gasteiger partial charge is 0.487 e. The Morgan fingerprint density at radius 3 is 2.75 bits per heavy atom. The number of rotatable bonds is 2. The number of nitriles is 1. The third-order valence-corrected chi connectivity index (χ3v) is 3.66. The molecule has 1 aromatic rings. The van der Waals surface area contributed by atoms with Crippen LogP contribution in [0, 0.1) is 11.3 Å². The van der Waals surface area contributed by atoms with Gasteiger partial charge in [0.25, 0.3) is 0 Å². The summed E-state index contributed by atoms with van der Waals surface area (Å²) in [6.45, 7) is 4.34. The van der Waals surface area contributed by atoms with E-state index in [0.717, 1.165) is 31.4 Å². The lowest BCUT2D eigenvalue weighted by molar-refractivity contribution is 0.0383. The van der Waals surface area contributed by atoms with E-state index in [-0.39, 0.29) is 5.60 Å². The van der Waals surface area contributed by atoms with Gasteiger partial charge in [-0.15, -0.1) is 0 Å². The summed E-state index contributed by atoms with van der Waals surface area (Å²) in [4.78, 5) is 0.